The van der Waals surface area contributed by atoms with Crippen molar-refractivity contribution in [2.75, 3.05) is 6.54 Å². The fourth-order valence-electron chi connectivity index (χ4n) is 2.83. The summed E-state index contributed by atoms with van der Waals surface area (Å²) in [4.78, 5) is 14.1. The summed E-state index contributed by atoms with van der Waals surface area (Å²) in [6.07, 6.45) is -6.66. The number of nitrogens with one attached hydrogen (secondary N) is 1. The second kappa shape index (κ2) is 10.9. The Morgan fingerprint density at radius 1 is 0.971 bits per heavy atom. The van der Waals surface area contributed by atoms with Crippen LogP contribution in [0.15, 0.2) is 90.8 Å². The predicted molar refractivity (Wildman–Crippen MR) is 117 cm³/mol. The van der Waals surface area contributed by atoms with Crippen molar-refractivity contribution in [3.63, 3.8) is 0 Å². The molecular formula is C24H21F6N3O. The minimum Gasteiger partial charge on any atom is -0.403 e. The average Bonchev–Trinajstić information content (AvgIpc) is 2.79. The maximum Gasteiger partial charge on any atom is 0.416 e. The molecule has 3 N–H and O–H groups in total. The number of rotatable bonds is 8. The van der Waals surface area contributed by atoms with Gasteiger partial charge in [0.25, 0.3) is 5.91 Å². The van der Waals surface area contributed by atoms with Crippen LogP contribution in [0, 0.1) is 5.41 Å². The highest BCUT2D eigenvalue weighted by atomic mass is 19.4. The van der Waals surface area contributed by atoms with Crippen molar-refractivity contribution in [2.24, 2.45) is 5.73 Å². The lowest BCUT2D eigenvalue weighted by molar-refractivity contribution is -0.137. The first-order valence-corrected chi connectivity index (χ1v) is 9.82. The number of carbonyl (C=O) groups is 1. The van der Waals surface area contributed by atoms with Crippen LogP contribution in [0.3, 0.4) is 0 Å². The van der Waals surface area contributed by atoms with Crippen LogP contribution in [0.2, 0.25) is 0 Å². The molecule has 0 saturated carbocycles. The fourth-order valence-corrected chi connectivity index (χ4v) is 2.83. The molecule has 1 amide bonds. The van der Waals surface area contributed by atoms with Gasteiger partial charge in [-0.05, 0) is 36.3 Å². The van der Waals surface area contributed by atoms with Crippen molar-refractivity contribution in [2.45, 2.75) is 18.8 Å². The summed E-state index contributed by atoms with van der Waals surface area (Å²) >= 11 is 0. The van der Waals surface area contributed by atoms with E-state index in [4.69, 9.17) is 11.1 Å². The lowest BCUT2D eigenvalue weighted by Crippen LogP contribution is -2.37. The van der Waals surface area contributed by atoms with Gasteiger partial charge in [-0.1, -0.05) is 49.0 Å². The van der Waals surface area contributed by atoms with Gasteiger partial charge in [-0.15, -0.1) is 0 Å². The Morgan fingerprint density at radius 3 is 2.06 bits per heavy atom. The van der Waals surface area contributed by atoms with Crippen LogP contribution in [0.4, 0.5) is 26.3 Å². The van der Waals surface area contributed by atoms with Crippen LogP contribution in [0.1, 0.15) is 16.7 Å². The third-order valence-corrected chi connectivity index (χ3v) is 4.73. The zero-order chi connectivity index (χ0) is 25.5. The largest absolute Gasteiger partial charge is 0.416 e. The molecular weight excluding hydrogens is 460 g/mol. The standard InChI is InChI=1S/C24H21F6N3O/c1-16(23(25,26)27)7-12-20(15-31)33(22(34)21(32)18-5-3-2-4-6-18)14-13-17-8-10-19(11-9-17)24(28,29)30/h2-12,15,32H,1,13-14,31H2/b12-7-,20-15+,32-21?. The Kier molecular flexibility index (Phi) is 8.45. The minimum atomic E-state index is -4.69. The Balaban J connectivity index is 2.32. The van der Waals surface area contributed by atoms with E-state index < -0.39 is 35.1 Å². The number of benzene rings is 2. The van der Waals surface area contributed by atoms with Crippen molar-refractivity contribution in [1.82, 2.24) is 4.90 Å². The Morgan fingerprint density at radius 2 is 1.56 bits per heavy atom. The number of allylic oxidation sites excluding steroid dienone is 3. The van der Waals surface area contributed by atoms with Gasteiger partial charge in [-0.2, -0.15) is 26.3 Å². The van der Waals surface area contributed by atoms with Crippen molar-refractivity contribution in [3.05, 3.63) is 107 Å². The first-order chi connectivity index (χ1) is 15.8. The van der Waals surface area contributed by atoms with Gasteiger partial charge in [0.1, 0.15) is 5.71 Å². The molecule has 0 atom stereocenters. The molecule has 0 fully saturated rings. The highest BCUT2D eigenvalue weighted by Crippen LogP contribution is 2.29. The molecule has 0 bridgehead atoms. The molecule has 10 heteroatoms. The van der Waals surface area contributed by atoms with Gasteiger partial charge in [0, 0.05) is 23.9 Å². The van der Waals surface area contributed by atoms with E-state index in [1.807, 2.05) is 0 Å². The Labute approximate surface area is 192 Å². The predicted octanol–water partition coefficient (Wildman–Crippen LogP) is 5.62. The molecule has 2 aromatic rings. The van der Waals surface area contributed by atoms with Gasteiger partial charge < -0.3 is 10.6 Å². The normalized spacial score (nSPS) is 12.6. The number of amides is 1. The molecule has 4 nitrogen and oxygen atoms in total. The monoisotopic (exact) mass is 481 g/mol. The van der Waals surface area contributed by atoms with Crippen molar-refractivity contribution in [1.29, 1.82) is 5.41 Å². The van der Waals surface area contributed by atoms with Crippen molar-refractivity contribution in [3.8, 4) is 0 Å². The molecule has 0 radical (unpaired) electrons. The number of nitrogens with zero attached hydrogens (tertiary/aromatic N) is 1. The molecule has 34 heavy (non-hydrogen) atoms. The van der Waals surface area contributed by atoms with Crippen LogP contribution in [-0.4, -0.2) is 29.2 Å². The molecule has 180 valence electrons. The Hall–Kier alpha value is -3.82. The SMILES string of the molecule is C=C(/C=C\C(=C/N)N(CCc1ccc(C(F)(F)F)cc1)C(=O)C(=N)c1ccccc1)C(F)(F)F. The van der Waals surface area contributed by atoms with Gasteiger partial charge in [0.2, 0.25) is 0 Å². The molecule has 2 aromatic carbocycles. The number of hydrogen-bond acceptors (Lipinski definition) is 3. The van der Waals surface area contributed by atoms with E-state index in [-0.39, 0.29) is 24.2 Å². The lowest BCUT2D eigenvalue weighted by atomic mass is 10.1. The maximum atomic E-state index is 13.1. The number of halogens is 6. The molecule has 0 aliphatic heterocycles. The summed E-state index contributed by atoms with van der Waals surface area (Å²) in [6, 6.07) is 12.2. The van der Waals surface area contributed by atoms with E-state index in [1.54, 1.807) is 18.2 Å². The third kappa shape index (κ3) is 7.09. The molecule has 0 aromatic heterocycles. The lowest BCUT2D eigenvalue weighted by Gasteiger charge is -2.24. The van der Waals surface area contributed by atoms with E-state index in [1.165, 1.54) is 24.3 Å². The fraction of sp³-hybridized carbons (Fsp3) is 0.167. The van der Waals surface area contributed by atoms with E-state index in [9.17, 15) is 31.1 Å². The topological polar surface area (TPSA) is 70.2 Å². The quantitative estimate of drug-likeness (QED) is 0.292. The smallest absolute Gasteiger partial charge is 0.403 e. The highest BCUT2D eigenvalue weighted by Gasteiger charge is 2.31. The van der Waals surface area contributed by atoms with E-state index >= 15 is 0 Å². The van der Waals surface area contributed by atoms with Crippen LogP contribution in [-0.2, 0) is 17.4 Å². The molecule has 0 aliphatic carbocycles. The van der Waals surface area contributed by atoms with Gasteiger partial charge in [-0.3, -0.25) is 10.2 Å². The molecule has 0 heterocycles. The molecule has 2 rings (SSSR count). The second-order valence-corrected chi connectivity index (χ2v) is 7.09. The summed E-state index contributed by atoms with van der Waals surface area (Å²) in [5, 5.41) is 8.22. The third-order valence-electron chi connectivity index (χ3n) is 4.73. The number of nitrogens with two attached hydrogens (primary N) is 1. The van der Waals surface area contributed by atoms with Crippen molar-refractivity contribution >= 4 is 11.6 Å². The van der Waals surface area contributed by atoms with Gasteiger partial charge >= 0.3 is 12.4 Å². The van der Waals surface area contributed by atoms with Gasteiger partial charge in [0.15, 0.2) is 0 Å². The average molecular weight is 481 g/mol. The summed E-state index contributed by atoms with van der Waals surface area (Å²) in [7, 11) is 0. The van der Waals surface area contributed by atoms with Crippen LogP contribution in [0.5, 0.6) is 0 Å². The molecule has 0 saturated heterocycles. The zero-order valence-electron chi connectivity index (χ0n) is 17.8. The second-order valence-electron chi connectivity index (χ2n) is 7.09. The first kappa shape index (κ1) is 26.4. The minimum absolute atomic E-state index is 0.0529. The van der Waals surface area contributed by atoms with E-state index in [2.05, 4.69) is 6.58 Å². The van der Waals surface area contributed by atoms with Crippen LogP contribution in [0.25, 0.3) is 0 Å². The summed E-state index contributed by atoms with van der Waals surface area (Å²) in [5.41, 5.74) is 3.69. The van der Waals surface area contributed by atoms with E-state index in [0.717, 1.165) is 29.3 Å². The Bertz CT molecular complexity index is 1080. The van der Waals surface area contributed by atoms with Crippen LogP contribution < -0.4 is 5.73 Å². The number of carbonyl (C=O) groups excluding carboxylic acids is 1. The van der Waals surface area contributed by atoms with Gasteiger partial charge in [-0.25, -0.2) is 0 Å². The summed E-state index contributed by atoms with van der Waals surface area (Å²) in [6.45, 7) is 2.76. The summed E-state index contributed by atoms with van der Waals surface area (Å²) in [5.74, 6) is -0.850. The highest BCUT2D eigenvalue weighted by molar-refractivity contribution is 6.44. The number of alkyl halides is 6. The maximum absolute atomic E-state index is 13.1. The zero-order valence-corrected chi connectivity index (χ0v) is 17.8. The van der Waals surface area contributed by atoms with E-state index in [0.29, 0.717) is 11.6 Å². The summed E-state index contributed by atoms with van der Waals surface area (Å²) < 4.78 is 76.8. The molecule has 0 spiro atoms. The van der Waals surface area contributed by atoms with Gasteiger partial charge in [0.05, 0.1) is 11.3 Å². The number of hydrogen-bond donors (Lipinski definition) is 2. The van der Waals surface area contributed by atoms with Crippen LogP contribution >= 0.6 is 0 Å². The van der Waals surface area contributed by atoms with Crippen molar-refractivity contribution < 1.29 is 31.1 Å². The molecule has 0 aliphatic rings. The molecule has 0 unspecified atom stereocenters. The first-order valence-electron chi connectivity index (χ1n) is 9.82.